The number of alkyl halides is 3. The SMILES string of the molecule is CCCCCCCCN(CCCCCCCC)CC1OC(c2ccc(-c3cccc(CNC(=O)C(Cl)(Cl)Cl)c3)cc2)OC(c2ccc(CO)cc2)C1C. The van der Waals surface area contributed by atoms with E-state index in [4.69, 9.17) is 44.3 Å². The Labute approximate surface area is 333 Å². The van der Waals surface area contributed by atoms with Crippen molar-refractivity contribution in [2.24, 2.45) is 5.92 Å². The average Bonchev–Trinajstić information content (AvgIpc) is 3.17. The zero-order valence-electron chi connectivity index (χ0n) is 32.0. The maximum atomic E-state index is 12.1. The minimum atomic E-state index is -2.00. The lowest BCUT2D eigenvalue weighted by molar-refractivity contribution is -0.276. The Bertz CT molecular complexity index is 1470. The zero-order valence-corrected chi connectivity index (χ0v) is 34.3. The number of nitrogens with one attached hydrogen (secondary N) is 1. The molecule has 0 aliphatic carbocycles. The summed E-state index contributed by atoms with van der Waals surface area (Å²) < 4.78 is 11.7. The molecule has 6 nitrogen and oxygen atoms in total. The number of carbonyl (C=O) groups is 1. The number of halogens is 3. The first kappa shape index (κ1) is 43.6. The van der Waals surface area contributed by atoms with Gasteiger partial charge in [-0.1, -0.05) is 187 Å². The van der Waals surface area contributed by atoms with Gasteiger partial charge in [0.2, 0.25) is 0 Å². The molecule has 1 aliphatic heterocycles. The third-order valence-corrected chi connectivity index (χ3v) is 10.9. The second-order valence-electron chi connectivity index (χ2n) is 14.7. The standard InChI is InChI=1S/C44H61Cl3N2O4/c1-4-6-8-10-12-14-27-49(28-15-13-11-9-7-5-2)31-40-33(3)41(37-21-19-34(32-50)20-22-37)53-42(52-40)38-25-23-36(24-26-38)39-18-16-17-35(29-39)30-48-43(51)44(45,46)47/h16-26,29,33,40-42,50H,4-15,27-28,30-32H2,1-3H3,(H,48,51). The molecule has 0 aromatic heterocycles. The Hall–Kier alpha value is -2.16. The van der Waals surface area contributed by atoms with Crippen LogP contribution in [-0.2, 0) is 27.4 Å². The molecular weight excluding hydrogens is 727 g/mol. The molecule has 9 heteroatoms. The van der Waals surface area contributed by atoms with Gasteiger partial charge in [-0.3, -0.25) is 4.79 Å². The highest BCUT2D eigenvalue weighted by Crippen LogP contribution is 2.42. The second kappa shape index (κ2) is 23.0. The van der Waals surface area contributed by atoms with Crippen molar-refractivity contribution in [3.63, 3.8) is 0 Å². The fourth-order valence-electron chi connectivity index (χ4n) is 7.08. The van der Waals surface area contributed by atoms with E-state index in [1.165, 1.54) is 77.0 Å². The largest absolute Gasteiger partial charge is 0.392 e. The van der Waals surface area contributed by atoms with Crippen molar-refractivity contribution < 1.29 is 19.4 Å². The maximum absolute atomic E-state index is 12.1. The number of nitrogens with zero attached hydrogens (tertiary/aromatic N) is 1. The summed E-state index contributed by atoms with van der Waals surface area (Å²) >= 11 is 17.2. The van der Waals surface area contributed by atoms with E-state index in [0.29, 0.717) is 0 Å². The normalized spacial score (nSPS) is 19.1. The van der Waals surface area contributed by atoms with Crippen LogP contribution in [0.5, 0.6) is 0 Å². The highest BCUT2D eigenvalue weighted by molar-refractivity contribution is 6.76. The van der Waals surface area contributed by atoms with Crippen LogP contribution in [0.3, 0.4) is 0 Å². The molecule has 0 saturated carbocycles. The van der Waals surface area contributed by atoms with Gasteiger partial charge in [0.05, 0.1) is 18.8 Å². The summed E-state index contributed by atoms with van der Waals surface area (Å²) in [6.45, 7) is 10.1. The van der Waals surface area contributed by atoms with Gasteiger partial charge in [0.25, 0.3) is 9.70 Å². The number of ether oxygens (including phenoxy) is 2. The molecule has 1 amide bonds. The van der Waals surface area contributed by atoms with Crippen molar-refractivity contribution in [1.29, 1.82) is 0 Å². The molecule has 1 fully saturated rings. The molecule has 1 heterocycles. The van der Waals surface area contributed by atoms with Gasteiger partial charge in [0.15, 0.2) is 6.29 Å². The third-order valence-electron chi connectivity index (χ3n) is 10.4. The van der Waals surface area contributed by atoms with E-state index in [9.17, 15) is 9.90 Å². The predicted octanol–water partition coefficient (Wildman–Crippen LogP) is 11.6. The molecule has 1 saturated heterocycles. The molecule has 4 unspecified atom stereocenters. The summed E-state index contributed by atoms with van der Waals surface area (Å²) in [5.74, 6) is -0.528. The van der Waals surface area contributed by atoms with Crippen LogP contribution in [0, 0.1) is 5.92 Å². The highest BCUT2D eigenvalue weighted by atomic mass is 35.6. The lowest BCUT2D eigenvalue weighted by atomic mass is 9.89. The summed E-state index contributed by atoms with van der Waals surface area (Å²) in [6, 6.07) is 24.4. The summed E-state index contributed by atoms with van der Waals surface area (Å²) in [5, 5.41) is 12.4. The fraction of sp³-hybridized carbons (Fsp3) is 0.568. The van der Waals surface area contributed by atoms with Gasteiger partial charge in [-0.05, 0) is 59.8 Å². The average molecular weight is 788 g/mol. The number of unbranched alkanes of at least 4 members (excludes halogenated alkanes) is 10. The summed E-state index contributed by atoms with van der Waals surface area (Å²) in [6.07, 6.45) is 14.7. The molecule has 4 rings (SSSR count). The van der Waals surface area contributed by atoms with E-state index >= 15 is 0 Å². The highest BCUT2D eigenvalue weighted by Gasteiger charge is 2.39. The van der Waals surface area contributed by atoms with E-state index < -0.39 is 16.0 Å². The minimum absolute atomic E-state index is 0.0143. The van der Waals surface area contributed by atoms with Crippen molar-refractivity contribution in [3.8, 4) is 11.1 Å². The van der Waals surface area contributed by atoms with Gasteiger partial charge in [-0.2, -0.15) is 0 Å². The molecule has 3 aromatic carbocycles. The minimum Gasteiger partial charge on any atom is -0.392 e. The van der Waals surface area contributed by atoms with Crippen LogP contribution < -0.4 is 5.32 Å². The van der Waals surface area contributed by atoms with Gasteiger partial charge in [0, 0.05) is 24.6 Å². The zero-order chi connectivity index (χ0) is 38.1. The number of benzene rings is 3. The number of carbonyl (C=O) groups excluding carboxylic acids is 1. The summed E-state index contributed by atoms with van der Waals surface area (Å²) in [4.78, 5) is 14.7. The van der Waals surface area contributed by atoms with Gasteiger partial charge in [-0.15, -0.1) is 0 Å². The number of hydrogen-bond acceptors (Lipinski definition) is 5. The van der Waals surface area contributed by atoms with Crippen LogP contribution in [0.25, 0.3) is 11.1 Å². The first-order valence-electron chi connectivity index (χ1n) is 19.9. The number of amides is 1. The fourth-order valence-corrected chi connectivity index (χ4v) is 7.28. The molecule has 0 radical (unpaired) electrons. The van der Waals surface area contributed by atoms with Crippen molar-refractivity contribution in [2.45, 2.75) is 133 Å². The van der Waals surface area contributed by atoms with E-state index in [0.717, 1.165) is 53.0 Å². The molecule has 1 aliphatic rings. The third kappa shape index (κ3) is 14.5. The van der Waals surface area contributed by atoms with Gasteiger partial charge in [0.1, 0.15) is 0 Å². The first-order valence-corrected chi connectivity index (χ1v) is 21.0. The number of hydrogen-bond donors (Lipinski definition) is 2. The van der Waals surface area contributed by atoms with Crippen molar-refractivity contribution >= 4 is 40.7 Å². The predicted molar refractivity (Wildman–Crippen MR) is 220 cm³/mol. The van der Waals surface area contributed by atoms with Crippen molar-refractivity contribution in [2.75, 3.05) is 19.6 Å². The first-order chi connectivity index (χ1) is 25.6. The lowest BCUT2D eigenvalue weighted by Crippen LogP contribution is -2.45. The van der Waals surface area contributed by atoms with Crippen LogP contribution >= 0.6 is 34.8 Å². The van der Waals surface area contributed by atoms with Crippen LogP contribution in [0.4, 0.5) is 0 Å². The van der Waals surface area contributed by atoms with E-state index in [2.05, 4.69) is 67.4 Å². The monoisotopic (exact) mass is 786 g/mol. The molecular formula is C44H61Cl3N2O4. The van der Waals surface area contributed by atoms with Crippen LogP contribution in [-0.4, -0.2) is 45.4 Å². The van der Waals surface area contributed by atoms with Gasteiger partial charge >= 0.3 is 0 Å². The topological polar surface area (TPSA) is 71.0 Å². The van der Waals surface area contributed by atoms with Crippen LogP contribution in [0.1, 0.15) is 132 Å². The molecule has 53 heavy (non-hydrogen) atoms. The second-order valence-corrected chi connectivity index (χ2v) is 16.9. The quantitative estimate of drug-likeness (QED) is 0.0784. The van der Waals surface area contributed by atoms with Crippen molar-refractivity contribution in [3.05, 3.63) is 95.1 Å². The molecule has 0 bridgehead atoms. The van der Waals surface area contributed by atoms with E-state index in [1.54, 1.807) is 0 Å². The molecule has 292 valence electrons. The van der Waals surface area contributed by atoms with E-state index in [1.807, 2.05) is 36.4 Å². The summed E-state index contributed by atoms with van der Waals surface area (Å²) in [7, 11) is 0. The molecule has 4 atom stereocenters. The van der Waals surface area contributed by atoms with Crippen LogP contribution in [0.15, 0.2) is 72.8 Å². The Morgan fingerprint density at radius 2 is 1.32 bits per heavy atom. The summed E-state index contributed by atoms with van der Waals surface area (Å²) in [5.41, 5.74) is 5.89. The Morgan fingerprint density at radius 1 is 0.736 bits per heavy atom. The van der Waals surface area contributed by atoms with Crippen LogP contribution in [0.2, 0.25) is 0 Å². The smallest absolute Gasteiger partial charge is 0.272 e. The molecule has 3 aromatic rings. The van der Waals surface area contributed by atoms with Gasteiger partial charge in [-0.25, -0.2) is 0 Å². The van der Waals surface area contributed by atoms with E-state index in [-0.39, 0.29) is 31.3 Å². The Kier molecular flexibility index (Phi) is 18.9. The molecule has 0 spiro atoms. The van der Waals surface area contributed by atoms with Gasteiger partial charge < -0.3 is 24.8 Å². The Balaban J connectivity index is 1.51. The maximum Gasteiger partial charge on any atom is 0.272 e. The lowest BCUT2D eigenvalue weighted by Gasteiger charge is -2.43. The number of aliphatic hydroxyl groups excluding tert-OH is 1. The van der Waals surface area contributed by atoms with Crippen molar-refractivity contribution in [1.82, 2.24) is 10.2 Å². The Morgan fingerprint density at radius 3 is 1.91 bits per heavy atom. The number of rotatable bonds is 22. The number of aliphatic hydroxyl groups is 1. The molecule has 2 N–H and O–H groups in total.